The van der Waals surface area contributed by atoms with E-state index in [9.17, 15) is 24.8 Å². The summed E-state index contributed by atoms with van der Waals surface area (Å²) in [5, 5.41) is 20.7. The first kappa shape index (κ1) is 13.9. The number of carbonyl (C=O) groups excluding carboxylic acids is 2. The van der Waals surface area contributed by atoms with Gasteiger partial charge in [-0.15, -0.1) is 0 Å². The van der Waals surface area contributed by atoms with Crippen molar-refractivity contribution in [3.05, 3.63) is 44.5 Å². The Hall–Kier alpha value is -2.50. The zero-order valence-electron chi connectivity index (χ0n) is 11.1. The minimum Gasteiger partial charge on any atom is -0.502 e. The Morgan fingerprint density at radius 2 is 1.90 bits per heavy atom. The predicted molar refractivity (Wildman–Crippen MR) is 71.0 cm³/mol. The number of phenolic OH excluding ortho intramolecular Hbond substituents is 1. The Balaban J connectivity index is 2.71. The maximum Gasteiger partial charge on any atom is 0.311 e. The molecule has 0 bridgehead atoms. The molecule has 1 N–H and O–H groups in total. The summed E-state index contributed by atoms with van der Waals surface area (Å²) < 4.78 is 0. The highest BCUT2D eigenvalue weighted by Gasteiger charge is 2.34. The van der Waals surface area contributed by atoms with Gasteiger partial charge in [0.05, 0.1) is 10.5 Å². The molecule has 0 saturated heterocycles. The molecule has 104 valence electrons. The number of nitrogens with zero attached hydrogens (tertiary/aromatic N) is 1. The molecule has 0 aromatic heterocycles. The molecule has 1 aliphatic rings. The normalized spacial score (nSPS) is 14.5. The smallest absolute Gasteiger partial charge is 0.311 e. The molecule has 0 atom stereocenters. The molecule has 0 aliphatic heterocycles. The first-order chi connectivity index (χ1) is 9.40. The van der Waals surface area contributed by atoms with Crippen LogP contribution in [0.3, 0.4) is 0 Å². The SMILES string of the molecule is CCCC1=C(C)C(=O)c2ccc([N+](=O)[O-])c(O)c2C1=O. The predicted octanol–water partition coefficient (Wildman–Crippen LogP) is 2.80. The van der Waals surface area contributed by atoms with Crippen LogP contribution in [0.2, 0.25) is 0 Å². The van der Waals surface area contributed by atoms with Gasteiger partial charge in [0, 0.05) is 22.8 Å². The molecule has 6 heteroatoms. The second-order valence-corrected chi connectivity index (χ2v) is 4.62. The van der Waals surface area contributed by atoms with Crippen LogP contribution in [-0.2, 0) is 0 Å². The van der Waals surface area contributed by atoms with Crippen molar-refractivity contribution >= 4 is 17.3 Å². The van der Waals surface area contributed by atoms with Gasteiger partial charge in [-0.25, -0.2) is 0 Å². The molecule has 20 heavy (non-hydrogen) atoms. The van der Waals surface area contributed by atoms with Crippen LogP contribution in [0.5, 0.6) is 5.75 Å². The van der Waals surface area contributed by atoms with E-state index >= 15 is 0 Å². The number of hydrogen-bond donors (Lipinski definition) is 1. The van der Waals surface area contributed by atoms with Gasteiger partial charge in [-0.2, -0.15) is 0 Å². The molecule has 0 saturated carbocycles. The summed E-state index contributed by atoms with van der Waals surface area (Å²) >= 11 is 0. The van der Waals surface area contributed by atoms with Gasteiger partial charge in [0.15, 0.2) is 11.6 Å². The van der Waals surface area contributed by atoms with Gasteiger partial charge in [-0.1, -0.05) is 13.3 Å². The van der Waals surface area contributed by atoms with Gasteiger partial charge in [0.1, 0.15) is 0 Å². The van der Waals surface area contributed by atoms with Crippen molar-refractivity contribution in [1.29, 1.82) is 0 Å². The number of allylic oxidation sites excluding steroid dienone is 2. The third-order valence-electron chi connectivity index (χ3n) is 3.39. The fraction of sp³-hybridized carbons (Fsp3) is 0.286. The van der Waals surface area contributed by atoms with Crippen LogP contribution in [0.4, 0.5) is 5.69 Å². The molecule has 0 unspecified atom stereocenters. The lowest BCUT2D eigenvalue weighted by Gasteiger charge is -2.19. The third kappa shape index (κ3) is 1.89. The van der Waals surface area contributed by atoms with Crippen molar-refractivity contribution in [2.75, 3.05) is 0 Å². The lowest BCUT2D eigenvalue weighted by Crippen LogP contribution is -2.21. The molecule has 0 amide bonds. The third-order valence-corrected chi connectivity index (χ3v) is 3.39. The van der Waals surface area contributed by atoms with E-state index in [1.165, 1.54) is 6.07 Å². The maximum atomic E-state index is 12.4. The average molecular weight is 275 g/mol. The van der Waals surface area contributed by atoms with Crippen LogP contribution in [0.15, 0.2) is 23.3 Å². The number of hydrogen-bond acceptors (Lipinski definition) is 5. The number of benzene rings is 1. The molecule has 0 fully saturated rings. The van der Waals surface area contributed by atoms with E-state index in [0.29, 0.717) is 24.0 Å². The second-order valence-electron chi connectivity index (χ2n) is 4.62. The Morgan fingerprint density at radius 1 is 1.25 bits per heavy atom. The summed E-state index contributed by atoms with van der Waals surface area (Å²) in [5.41, 5.74) is -0.132. The average Bonchev–Trinajstić information content (AvgIpc) is 2.40. The number of rotatable bonds is 3. The van der Waals surface area contributed by atoms with Crippen molar-refractivity contribution in [1.82, 2.24) is 0 Å². The summed E-state index contributed by atoms with van der Waals surface area (Å²) in [6.07, 6.45) is 1.06. The molecule has 6 nitrogen and oxygen atoms in total. The summed E-state index contributed by atoms with van der Waals surface area (Å²) in [6.45, 7) is 3.42. The van der Waals surface area contributed by atoms with Crippen molar-refractivity contribution < 1.29 is 19.6 Å². The number of fused-ring (bicyclic) bond motifs is 1. The van der Waals surface area contributed by atoms with Gasteiger partial charge in [-0.05, 0) is 19.4 Å². The summed E-state index contributed by atoms with van der Waals surface area (Å²) in [6, 6.07) is 2.26. The van der Waals surface area contributed by atoms with Crippen LogP contribution in [0.25, 0.3) is 0 Å². The zero-order valence-corrected chi connectivity index (χ0v) is 11.1. The van der Waals surface area contributed by atoms with Gasteiger partial charge < -0.3 is 5.11 Å². The fourth-order valence-corrected chi connectivity index (χ4v) is 2.36. The lowest BCUT2D eigenvalue weighted by molar-refractivity contribution is -0.385. The van der Waals surface area contributed by atoms with Crippen molar-refractivity contribution in [2.24, 2.45) is 0 Å². The fourth-order valence-electron chi connectivity index (χ4n) is 2.36. The molecule has 0 heterocycles. The number of Topliss-reactive ketones (excluding diaryl/α,β-unsaturated/α-hetero) is 2. The number of nitro benzene ring substituents is 1. The molecule has 2 rings (SSSR count). The Bertz CT molecular complexity index is 672. The largest absolute Gasteiger partial charge is 0.502 e. The van der Waals surface area contributed by atoms with E-state index in [-0.39, 0.29) is 16.9 Å². The minimum absolute atomic E-state index is 0.0236. The molecule has 1 aromatic rings. The topological polar surface area (TPSA) is 97.5 Å². The number of ketones is 2. The van der Waals surface area contributed by atoms with E-state index in [0.717, 1.165) is 6.07 Å². The van der Waals surface area contributed by atoms with Gasteiger partial charge in [0.2, 0.25) is 5.75 Å². The van der Waals surface area contributed by atoms with Gasteiger partial charge in [-0.3, -0.25) is 19.7 Å². The highest BCUT2D eigenvalue weighted by Crippen LogP contribution is 2.38. The highest BCUT2D eigenvalue weighted by molar-refractivity contribution is 6.28. The van der Waals surface area contributed by atoms with E-state index in [4.69, 9.17) is 0 Å². The van der Waals surface area contributed by atoms with Crippen molar-refractivity contribution in [2.45, 2.75) is 26.7 Å². The first-order valence-electron chi connectivity index (χ1n) is 6.19. The summed E-state index contributed by atoms with van der Waals surface area (Å²) in [7, 11) is 0. The highest BCUT2D eigenvalue weighted by atomic mass is 16.6. The first-order valence-corrected chi connectivity index (χ1v) is 6.19. The molecular formula is C14H13NO5. The monoisotopic (exact) mass is 275 g/mol. The summed E-state index contributed by atoms with van der Waals surface area (Å²) in [5.74, 6) is -1.60. The second kappa shape index (κ2) is 4.88. The Morgan fingerprint density at radius 3 is 2.45 bits per heavy atom. The van der Waals surface area contributed by atoms with Gasteiger partial charge in [0.25, 0.3) is 0 Å². The molecular weight excluding hydrogens is 262 g/mol. The number of carbonyl (C=O) groups is 2. The maximum absolute atomic E-state index is 12.4. The van der Waals surface area contributed by atoms with Crippen molar-refractivity contribution in [3.8, 4) is 5.75 Å². The van der Waals surface area contributed by atoms with Crippen molar-refractivity contribution in [3.63, 3.8) is 0 Å². The van der Waals surface area contributed by atoms with E-state index in [2.05, 4.69) is 0 Å². The van der Waals surface area contributed by atoms with Gasteiger partial charge >= 0.3 is 5.69 Å². The Kier molecular flexibility index (Phi) is 3.40. The van der Waals surface area contributed by atoms with Crippen LogP contribution in [0, 0.1) is 10.1 Å². The molecule has 1 aliphatic carbocycles. The molecule has 0 radical (unpaired) electrons. The minimum atomic E-state index is -0.780. The molecule has 1 aromatic carbocycles. The quantitative estimate of drug-likeness (QED) is 0.675. The molecule has 0 spiro atoms. The van der Waals surface area contributed by atoms with Crippen LogP contribution in [-0.4, -0.2) is 21.6 Å². The Labute approximate surface area is 114 Å². The van der Waals surface area contributed by atoms with Crippen LogP contribution >= 0.6 is 0 Å². The van der Waals surface area contributed by atoms with Crippen LogP contribution in [0.1, 0.15) is 47.4 Å². The number of phenols is 1. The number of aromatic hydroxyl groups is 1. The van der Waals surface area contributed by atoms with E-state index in [1.54, 1.807) is 6.92 Å². The van der Waals surface area contributed by atoms with E-state index in [1.807, 2.05) is 6.92 Å². The van der Waals surface area contributed by atoms with Crippen LogP contribution < -0.4 is 0 Å². The zero-order chi connectivity index (χ0) is 15.0. The van der Waals surface area contributed by atoms with E-state index < -0.39 is 22.1 Å². The lowest BCUT2D eigenvalue weighted by atomic mass is 9.82. The summed E-state index contributed by atoms with van der Waals surface area (Å²) in [4.78, 5) is 34.6. The number of nitro groups is 1. The standard InChI is InChI=1S/C14H13NO5/c1-3-4-8-7(2)12(16)9-5-6-10(15(19)20)14(18)11(9)13(8)17/h5-6,18H,3-4H2,1-2H3.